The minimum absolute atomic E-state index is 0.0163. The molecule has 38 heavy (non-hydrogen) atoms. The van der Waals surface area contributed by atoms with E-state index in [-0.39, 0.29) is 23.1 Å². The van der Waals surface area contributed by atoms with Crippen LogP contribution in [0.2, 0.25) is 0 Å². The number of piperidine rings is 1. The van der Waals surface area contributed by atoms with E-state index in [1.807, 2.05) is 38.4 Å². The third-order valence-corrected chi connectivity index (χ3v) is 7.64. The van der Waals surface area contributed by atoms with Crippen molar-refractivity contribution in [1.82, 2.24) is 9.80 Å². The van der Waals surface area contributed by atoms with E-state index < -0.39 is 17.8 Å². The second kappa shape index (κ2) is 12.5. The molecular formula is C32H37FN2O3. The predicted octanol–water partition coefficient (Wildman–Crippen LogP) is 5.58. The smallest absolute Gasteiger partial charge is 0.167 e. The minimum Gasteiger partial charge on any atom is -0.508 e. The van der Waals surface area contributed by atoms with Gasteiger partial charge in [0.2, 0.25) is 0 Å². The van der Waals surface area contributed by atoms with Crippen LogP contribution in [-0.4, -0.2) is 66.7 Å². The van der Waals surface area contributed by atoms with Crippen molar-refractivity contribution in [1.29, 1.82) is 0 Å². The summed E-state index contributed by atoms with van der Waals surface area (Å²) in [4.78, 5) is 32.4. The Morgan fingerprint density at radius 2 is 1.53 bits per heavy atom. The van der Waals surface area contributed by atoms with E-state index in [2.05, 4.69) is 9.80 Å². The summed E-state index contributed by atoms with van der Waals surface area (Å²) in [6.07, 6.45) is 1.96. The van der Waals surface area contributed by atoms with Crippen molar-refractivity contribution < 1.29 is 19.1 Å². The first-order chi connectivity index (χ1) is 18.3. The van der Waals surface area contributed by atoms with Crippen LogP contribution in [0.1, 0.15) is 50.6 Å². The molecule has 0 amide bonds. The quantitative estimate of drug-likeness (QED) is 0.282. The van der Waals surface area contributed by atoms with Crippen molar-refractivity contribution >= 4 is 11.6 Å². The Kier molecular flexibility index (Phi) is 9.08. The van der Waals surface area contributed by atoms with Gasteiger partial charge in [0.15, 0.2) is 11.6 Å². The molecule has 1 N–H and O–H groups in total. The maximum Gasteiger partial charge on any atom is 0.167 e. The van der Waals surface area contributed by atoms with Gasteiger partial charge in [-0.1, -0.05) is 54.6 Å². The molecule has 0 spiro atoms. The van der Waals surface area contributed by atoms with Crippen LogP contribution in [0.25, 0.3) is 0 Å². The minimum atomic E-state index is -0.572. The second-order valence-electron chi connectivity index (χ2n) is 10.6. The first-order valence-corrected chi connectivity index (χ1v) is 13.3. The van der Waals surface area contributed by atoms with E-state index in [0.29, 0.717) is 35.3 Å². The van der Waals surface area contributed by atoms with Crippen molar-refractivity contribution in [2.75, 3.05) is 40.3 Å². The fourth-order valence-electron chi connectivity index (χ4n) is 5.68. The molecule has 4 rings (SSSR count). The summed E-state index contributed by atoms with van der Waals surface area (Å²) in [7, 11) is 4.09. The molecule has 5 nitrogen and oxygen atoms in total. The fraction of sp³-hybridized carbons (Fsp3) is 0.375. The number of hydrogen-bond acceptors (Lipinski definition) is 5. The van der Waals surface area contributed by atoms with E-state index in [0.717, 1.165) is 25.9 Å². The summed E-state index contributed by atoms with van der Waals surface area (Å²) in [6.45, 7) is 4.43. The molecular weight excluding hydrogens is 479 g/mol. The van der Waals surface area contributed by atoms with E-state index in [1.54, 1.807) is 37.3 Å². The molecule has 1 saturated heterocycles. The van der Waals surface area contributed by atoms with Gasteiger partial charge in [0.1, 0.15) is 11.6 Å². The lowest BCUT2D eigenvalue weighted by atomic mass is 9.67. The number of rotatable bonds is 10. The number of nitrogens with zero attached hydrogens (tertiary/aromatic N) is 2. The number of unbranched alkanes of at least 4 members (excludes halogenated alkanes) is 1. The predicted molar refractivity (Wildman–Crippen MR) is 148 cm³/mol. The lowest BCUT2D eigenvalue weighted by Gasteiger charge is -2.43. The van der Waals surface area contributed by atoms with E-state index in [4.69, 9.17) is 0 Å². The Morgan fingerprint density at radius 3 is 2.18 bits per heavy atom. The lowest BCUT2D eigenvalue weighted by molar-refractivity contribution is 0.0567. The number of benzene rings is 3. The monoisotopic (exact) mass is 516 g/mol. The van der Waals surface area contributed by atoms with E-state index in [1.165, 1.54) is 18.2 Å². The van der Waals surface area contributed by atoms with Crippen LogP contribution in [0.15, 0.2) is 72.8 Å². The van der Waals surface area contributed by atoms with Crippen LogP contribution >= 0.6 is 0 Å². The zero-order valence-corrected chi connectivity index (χ0v) is 22.4. The van der Waals surface area contributed by atoms with E-state index in [9.17, 15) is 19.1 Å². The van der Waals surface area contributed by atoms with Gasteiger partial charge in [0.05, 0.1) is 0 Å². The first kappa shape index (κ1) is 27.7. The molecule has 1 aliphatic heterocycles. The summed E-state index contributed by atoms with van der Waals surface area (Å²) in [5.41, 5.74) is 2.16. The van der Waals surface area contributed by atoms with Gasteiger partial charge in [-0.25, -0.2) is 4.39 Å². The molecule has 0 unspecified atom stereocenters. The van der Waals surface area contributed by atoms with Crippen LogP contribution in [0.4, 0.5) is 4.39 Å². The van der Waals surface area contributed by atoms with Crippen molar-refractivity contribution in [2.45, 2.75) is 25.7 Å². The molecule has 1 heterocycles. The highest BCUT2D eigenvalue weighted by atomic mass is 19.1. The Morgan fingerprint density at radius 1 is 0.895 bits per heavy atom. The maximum absolute atomic E-state index is 14.8. The normalized spacial score (nSPS) is 20.0. The fourth-order valence-corrected chi connectivity index (χ4v) is 5.68. The molecule has 6 heteroatoms. The summed E-state index contributed by atoms with van der Waals surface area (Å²) in [5, 5.41) is 10.1. The van der Waals surface area contributed by atoms with Crippen LogP contribution in [-0.2, 0) is 0 Å². The van der Waals surface area contributed by atoms with Gasteiger partial charge in [0.25, 0.3) is 0 Å². The zero-order chi connectivity index (χ0) is 27.2. The molecule has 1 aliphatic rings. The molecule has 0 saturated carbocycles. The average Bonchev–Trinajstić information content (AvgIpc) is 2.92. The van der Waals surface area contributed by atoms with Gasteiger partial charge in [-0.15, -0.1) is 0 Å². The van der Waals surface area contributed by atoms with E-state index >= 15 is 0 Å². The number of Topliss-reactive ketones (excluding diaryl/α,β-unsaturated/α-hetero) is 2. The Balaban J connectivity index is 1.77. The lowest BCUT2D eigenvalue weighted by Crippen LogP contribution is -2.50. The first-order valence-electron chi connectivity index (χ1n) is 13.3. The van der Waals surface area contributed by atoms with Crippen LogP contribution in [0.3, 0.4) is 0 Å². The Bertz CT molecular complexity index is 1260. The van der Waals surface area contributed by atoms with Crippen molar-refractivity contribution in [3.05, 3.63) is 101 Å². The Hall–Kier alpha value is -3.35. The molecule has 3 atom stereocenters. The molecule has 0 aromatic heterocycles. The summed E-state index contributed by atoms with van der Waals surface area (Å²) in [5.74, 6) is -2.09. The van der Waals surface area contributed by atoms with Crippen molar-refractivity contribution in [2.24, 2.45) is 11.8 Å². The maximum atomic E-state index is 14.8. The number of carbonyl (C=O) groups is 2. The van der Waals surface area contributed by atoms with Crippen LogP contribution in [0.5, 0.6) is 5.75 Å². The SMILES string of the molecule is Cc1c(F)cccc1[C@@H]1[C@@H](C(=O)c2cccc(O)c2)CN(CCCCN(C)C)C[C@H]1C(=O)c1ccccc1. The number of carbonyl (C=O) groups excluding carboxylic acids is 2. The van der Waals surface area contributed by atoms with Gasteiger partial charge >= 0.3 is 0 Å². The third-order valence-electron chi connectivity index (χ3n) is 7.64. The summed E-state index contributed by atoms with van der Waals surface area (Å²) < 4.78 is 14.8. The van der Waals surface area contributed by atoms with Gasteiger partial charge in [-0.2, -0.15) is 0 Å². The third kappa shape index (κ3) is 6.37. The van der Waals surface area contributed by atoms with Gasteiger partial charge < -0.3 is 14.9 Å². The molecule has 0 aliphatic carbocycles. The van der Waals surface area contributed by atoms with Crippen LogP contribution in [0, 0.1) is 24.6 Å². The molecule has 0 bridgehead atoms. The Labute approximate surface area is 224 Å². The number of phenolic OH excluding ortho intramolecular Hbond substituents is 1. The number of phenols is 1. The van der Waals surface area contributed by atoms with Crippen molar-refractivity contribution in [3.63, 3.8) is 0 Å². The molecule has 1 fully saturated rings. The van der Waals surface area contributed by atoms with Crippen LogP contribution < -0.4 is 0 Å². The summed E-state index contributed by atoms with van der Waals surface area (Å²) in [6, 6.07) is 20.4. The van der Waals surface area contributed by atoms with Gasteiger partial charge in [0, 0.05) is 42.0 Å². The number of hydrogen-bond donors (Lipinski definition) is 1. The second-order valence-corrected chi connectivity index (χ2v) is 10.6. The van der Waals surface area contributed by atoms with Gasteiger partial charge in [-0.05, 0) is 76.3 Å². The zero-order valence-electron chi connectivity index (χ0n) is 22.4. The van der Waals surface area contributed by atoms with Crippen molar-refractivity contribution in [3.8, 4) is 5.75 Å². The molecule has 3 aromatic carbocycles. The largest absolute Gasteiger partial charge is 0.508 e. The highest BCUT2D eigenvalue weighted by molar-refractivity contribution is 6.02. The highest BCUT2D eigenvalue weighted by Crippen LogP contribution is 2.42. The highest BCUT2D eigenvalue weighted by Gasteiger charge is 2.45. The number of halogens is 1. The average molecular weight is 517 g/mol. The molecule has 0 radical (unpaired) electrons. The standard InChI is InChI=1S/C32H37FN2O3/c1-22-26(15-10-16-29(22)33)30-27(31(37)23-11-5-4-6-12-23)20-35(18-8-7-17-34(2)3)21-28(30)32(38)24-13-9-14-25(36)19-24/h4-6,9-16,19,27-28,30,36H,7-8,17-18,20-21H2,1-3H3/t27-,28+,30+/m1/s1. The number of likely N-dealkylation sites (tertiary alicyclic amines) is 1. The number of ketones is 2. The molecule has 200 valence electrons. The molecule has 3 aromatic rings. The number of aromatic hydroxyl groups is 1. The van der Waals surface area contributed by atoms with Gasteiger partial charge in [-0.3, -0.25) is 9.59 Å². The summed E-state index contributed by atoms with van der Waals surface area (Å²) >= 11 is 0. The topological polar surface area (TPSA) is 60.9 Å².